The fourth-order valence-corrected chi connectivity index (χ4v) is 4.25. The van der Waals surface area contributed by atoms with Gasteiger partial charge in [0.15, 0.2) is 0 Å². The van der Waals surface area contributed by atoms with Crippen LogP contribution in [0.1, 0.15) is 63.8 Å². The first-order valence-corrected chi connectivity index (χ1v) is 7.73. The zero-order valence-corrected chi connectivity index (χ0v) is 12.7. The van der Waals surface area contributed by atoms with E-state index in [-0.39, 0.29) is 0 Å². The van der Waals surface area contributed by atoms with E-state index in [2.05, 4.69) is 49.1 Å². The van der Waals surface area contributed by atoms with E-state index in [0.29, 0.717) is 17.5 Å². The van der Waals surface area contributed by atoms with Crippen LogP contribution in [0.3, 0.4) is 0 Å². The van der Waals surface area contributed by atoms with Crippen molar-refractivity contribution < 1.29 is 0 Å². The first-order chi connectivity index (χ1) is 8.96. The molecular formula is C16H27N3. The maximum atomic E-state index is 4.45. The van der Waals surface area contributed by atoms with Gasteiger partial charge >= 0.3 is 0 Å². The highest BCUT2D eigenvalue weighted by molar-refractivity contribution is 5.25. The van der Waals surface area contributed by atoms with Gasteiger partial charge in [0.25, 0.3) is 0 Å². The molecule has 2 aliphatic rings. The Balaban J connectivity index is 1.75. The van der Waals surface area contributed by atoms with Gasteiger partial charge in [-0.1, -0.05) is 20.8 Å². The summed E-state index contributed by atoms with van der Waals surface area (Å²) in [5.41, 5.74) is 3.39. The van der Waals surface area contributed by atoms with Gasteiger partial charge in [-0.15, -0.1) is 0 Å². The van der Waals surface area contributed by atoms with Crippen LogP contribution in [-0.4, -0.2) is 15.8 Å². The Bertz CT molecular complexity index is 461. The van der Waals surface area contributed by atoms with Crippen molar-refractivity contribution >= 4 is 0 Å². The number of hydrogen-bond donors (Lipinski definition) is 1. The van der Waals surface area contributed by atoms with Crippen LogP contribution >= 0.6 is 0 Å². The van der Waals surface area contributed by atoms with Gasteiger partial charge in [0.05, 0.1) is 6.20 Å². The zero-order valence-electron chi connectivity index (χ0n) is 12.7. The van der Waals surface area contributed by atoms with Gasteiger partial charge in [0.2, 0.25) is 0 Å². The topological polar surface area (TPSA) is 29.9 Å². The minimum atomic E-state index is 0.503. The second-order valence-corrected chi connectivity index (χ2v) is 7.44. The van der Waals surface area contributed by atoms with Gasteiger partial charge in [-0.05, 0) is 43.4 Å². The molecule has 3 atom stereocenters. The zero-order chi connectivity index (χ0) is 13.6. The van der Waals surface area contributed by atoms with E-state index < -0.39 is 0 Å². The first-order valence-electron chi connectivity index (χ1n) is 7.73. The summed E-state index contributed by atoms with van der Waals surface area (Å²) in [6.45, 7) is 7.21. The summed E-state index contributed by atoms with van der Waals surface area (Å²) in [5.74, 6) is 0.789. The Kier molecular flexibility index (Phi) is 3.20. The monoisotopic (exact) mass is 261 g/mol. The molecule has 3 unspecified atom stereocenters. The van der Waals surface area contributed by atoms with Crippen LogP contribution in [0.25, 0.3) is 0 Å². The fourth-order valence-electron chi connectivity index (χ4n) is 4.25. The Hall–Kier alpha value is -0.830. The Labute approximate surface area is 116 Å². The second-order valence-electron chi connectivity index (χ2n) is 7.44. The summed E-state index contributed by atoms with van der Waals surface area (Å²) in [5, 5.41) is 8.39. The normalized spacial score (nSPS) is 33.4. The van der Waals surface area contributed by atoms with Crippen molar-refractivity contribution in [1.29, 1.82) is 0 Å². The molecular weight excluding hydrogens is 234 g/mol. The van der Waals surface area contributed by atoms with Crippen molar-refractivity contribution in [2.75, 3.05) is 0 Å². The molecule has 0 bridgehead atoms. The first kappa shape index (κ1) is 13.2. The summed E-state index contributed by atoms with van der Waals surface area (Å²) in [7, 11) is 2.07. The van der Waals surface area contributed by atoms with Crippen molar-refractivity contribution in [3.63, 3.8) is 0 Å². The molecule has 1 heterocycles. The minimum absolute atomic E-state index is 0.503. The molecule has 0 aliphatic heterocycles. The van der Waals surface area contributed by atoms with E-state index in [0.717, 1.165) is 5.92 Å². The molecule has 106 valence electrons. The van der Waals surface area contributed by atoms with E-state index in [1.165, 1.54) is 43.4 Å². The third-order valence-corrected chi connectivity index (χ3v) is 5.12. The van der Waals surface area contributed by atoms with E-state index in [4.69, 9.17) is 0 Å². The van der Waals surface area contributed by atoms with E-state index in [1.54, 1.807) is 0 Å². The van der Waals surface area contributed by atoms with Gasteiger partial charge in [-0.25, -0.2) is 0 Å². The quantitative estimate of drug-likeness (QED) is 0.886. The number of aryl methyl sites for hydroxylation is 1. The Morgan fingerprint density at radius 1 is 1.37 bits per heavy atom. The molecule has 19 heavy (non-hydrogen) atoms. The molecule has 0 spiro atoms. The number of fused-ring (bicyclic) bond motifs is 1. The molecule has 3 heteroatoms. The SMILES string of the molecule is CC1CC(C)(C)CC1NC1CCCc2c1cnn2C. The highest BCUT2D eigenvalue weighted by Gasteiger charge is 2.38. The summed E-state index contributed by atoms with van der Waals surface area (Å²) in [4.78, 5) is 0. The van der Waals surface area contributed by atoms with Gasteiger partial charge in [0, 0.05) is 30.4 Å². The lowest BCUT2D eigenvalue weighted by atomic mass is 9.90. The molecule has 3 rings (SSSR count). The second kappa shape index (κ2) is 4.62. The predicted octanol–water partition coefficient (Wildman–Crippen LogP) is 3.21. The van der Waals surface area contributed by atoms with Crippen molar-refractivity contribution in [1.82, 2.24) is 15.1 Å². The van der Waals surface area contributed by atoms with Gasteiger partial charge in [0.1, 0.15) is 0 Å². The molecule has 0 saturated heterocycles. The summed E-state index contributed by atoms with van der Waals surface area (Å²) in [6.07, 6.45) is 8.47. The highest BCUT2D eigenvalue weighted by atomic mass is 15.3. The maximum Gasteiger partial charge on any atom is 0.0540 e. The molecule has 1 fully saturated rings. The maximum absolute atomic E-state index is 4.45. The summed E-state index contributed by atoms with van der Waals surface area (Å²) in [6, 6.07) is 1.20. The van der Waals surface area contributed by atoms with Crippen LogP contribution in [-0.2, 0) is 13.5 Å². The van der Waals surface area contributed by atoms with Crippen LogP contribution in [0.5, 0.6) is 0 Å². The average Bonchev–Trinajstić information content (AvgIpc) is 2.81. The van der Waals surface area contributed by atoms with Gasteiger partial charge in [-0.3, -0.25) is 4.68 Å². The Morgan fingerprint density at radius 2 is 2.16 bits per heavy atom. The third-order valence-electron chi connectivity index (χ3n) is 5.12. The summed E-state index contributed by atoms with van der Waals surface area (Å²) >= 11 is 0. The smallest absolute Gasteiger partial charge is 0.0540 e. The number of nitrogens with one attached hydrogen (secondary N) is 1. The third kappa shape index (κ3) is 2.45. The highest BCUT2D eigenvalue weighted by Crippen LogP contribution is 2.42. The molecule has 1 aromatic rings. The average molecular weight is 261 g/mol. The number of nitrogens with zero attached hydrogens (tertiary/aromatic N) is 2. The van der Waals surface area contributed by atoms with Crippen LogP contribution in [0.4, 0.5) is 0 Å². The molecule has 0 amide bonds. The van der Waals surface area contributed by atoms with Crippen molar-refractivity contribution in [3.05, 3.63) is 17.5 Å². The lowest BCUT2D eigenvalue weighted by molar-refractivity contribution is 0.336. The largest absolute Gasteiger partial charge is 0.307 e. The van der Waals surface area contributed by atoms with Crippen LogP contribution in [0.2, 0.25) is 0 Å². The lowest BCUT2D eigenvalue weighted by Crippen LogP contribution is -2.36. The van der Waals surface area contributed by atoms with Crippen molar-refractivity contribution in [2.45, 2.75) is 65.0 Å². The summed E-state index contributed by atoms with van der Waals surface area (Å²) < 4.78 is 2.06. The van der Waals surface area contributed by atoms with Crippen molar-refractivity contribution in [3.8, 4) is 0 Å². The number of aromatic nitrogens is 2. The standard InChI is InChI=1S/C16H27N3/c1-11-8-16(2,3)9-14(11)18-13-6-5-7-15-12(13)10-17-19(15)4/h10-11,13-14,18H,5-9H2,1-4H3. The van der Waals surface area contributed by atoms with Crippen LogP contribution in [0, 0.1) is 11.3 Å². The van der Waals surface area contributed by atoms with E-state index in [9.17, 15) is 0 Å². The van der Waals surface area contributed by atoms with Gasteiger partial charge < -0.3 is 5.32 Å². The molecule has 1 N–H and O–H groups in total. The molecule has 2 aliphatic carbocycles. The number of hydrogen-bond acceptors (Lipinski definition) is 2. The van der Waals surface area contributed by atoms with Crippen LogP contribution < -0.4 is 5.32 Å². The lowest BCUT2D eigenvalue weighted by Gasteiger charge is -2.29. The molecule has 0 radical (unpaired) electrons. The molecule has 1 saturated carbocycles. The fraction of sp³-hybridized carbons (Fsp3) is 0.812. The van der Waals surface area contributed by atoms with Crippen LogP contribution in [0.15, 0.2) is 6.20 Å². The molecule has 1 aromatic heterocycles. The van der Waals surface area contributed by atoms with E-state index >= 15 is 0 Å². The predicted molar refractivity (Wildman–Crippen MR) is 78.0 cm³/mol. The Morgan fingerprint density at radius 3 is 2.84 bits per heavy atom. The van der Waals surface area contributed by atoms with E-state index in [1.807, 2.05) is 0 Å². The number of rotatable bonds is 2. The minimum Gasteiger partial charge on any atom is -0.307 e. The van der Waals surface area contributed by atoms with Gasteiger partial charge in [-0.2, -0.15) is 5.10 Å². The van der Waals surface area contributed by atoms with Crippen molar-refractivity contribution in [2.24, 2.45) is 18.4 Å². The molecule has 3 nitrogen and oxygen atoms in total. The molecule has 0 aromatic carbocycles.